The molecule has 0 saturated heterocycles. The molecule has 0 unspecified atom stereocenters. The summed E-state index contributed by atoms with van der Waals surface area (Å²) < 4.78 is 5.36. The van der Waals surface area contributed by atoms with Crippen LogP contribution >= 0.6 is 24.8 Å². The van der Waals surface area contributed by atoms with Gasteiger partial charge in [-0.05, 0) is 22.4 Å². The number of benzene rings is 2. The van der Waals surface area contributed by atoms with Crippen LogP contribution in [0.15, 0.2) is 61.2 Å². The van der Waals surface area contributed by atoms with Crippen LogP contribution in [-0.4, -0.2) is 22.1 Å². The van der Waals surface area contributed by atoms with E-state index in [9.17, 15) is 0 Å². The smallest absolute Gasteiger partial charge is 0.116 e. The number of rotatable bonds is 3. The second-order valence-electron chi connectivity index (χ2n) is 5.40. The molecule has 0 aliphatic carbocycles. The van der Waals surface area contributed by atoms with Gasteiger partial charge in [0.2, 0.25) is 0 Å². The summed E-state index contributed by atoms with van der Waals surface area (Å²) >= 11 is 0. The first kappa shape index (κ1) is 19.1. The Kier molecular flexibility index (Phi) is 6.26. The van der Waals surface area contributed by atoms with Crippen molar-refractivity contribution in [3.63, 3.8) is 0 Å². The molecule has 4 aromatic rings. The molecule has 0 saturated carbocycles. The normalized spacial score (nSPS) is 10.3. The molecule has 2 aromatic heterocycles. The molecule has 4 nitrogen and oxygen atoms in total. The summed E-state index contributed by atoms with van der Waals surface area (Å²) in [7, 11) is 1.71. The molecule has 25 heavy (non-hydrogen) atoms. The second kappa shape index (κ2) is 8.21. The van der Waals surface area contributed by atoms with Crippen molar-refractivity contribution in [2.24, 2.45) is 0 Å². The predicted octanol–water partition coefficient (Wildman–Crippen LogP) is 4.84. The quantitative estimate of drug-likeness (QED) is 0.515. The number of ether oxygens (including phenoxy) is 1. The molecule has 4 rings (SSSR count). The van der Waals surface area contributed by atoms with Crippen LogP contribution < -0.4 is 0 Å². The number of fused-ring (bicyclic) bond motifs is 2. The Morgan fingerprint density at radius 3 is 2.52 bits per heavy atom. The van der Waals surface area contributed by atoms with Crippen molar-refractivity contribution in [2.45, 2.75) is 6.61 Å². The van der Waals surface area contributed by atoms with Crippen LogP contribution in [0.4, 0.5) is 0 Å². The maximum Gasteiger partial charge on any atom is 0.116 e. The molecular formula is C19H17Cl2N3O. The predicted molar refractivity (Wildman–Crippen MR) is 105 cm³/mol. The number of pyridine rings is 1. The van der Waals surface area contributed by atoms with Crippen molar-refractivity contribution < 1.29 is 4.74 Å². The molecule has 2 aromatic carbocycles. The van der Waals surface area contributed by atoms with E-state index in [1.165, 1.54) is 10.8 Å². The molecule has 128 valence electrons. The summed E-state index contributed by atoms with van der Waals surface area (Å²) in [5, 5.41) is 3.30. The van der Waals surface area contributed by atoms with E-state index < -0.39 is 0 Å². The monoisotopic (exact) mass is 373 g/mol. The van der Waals surface area contributed by atoms with E-state index in [0.29, 0.717) is 6.61 Å². The molecule has 0 amide bonds. The Bertz CT molecular complexity index is 1000. The first-order valence-electron chi connectivity index (χ1n) is 7.42. The van der Waals surface area contributed by atoms with Gasteiger partial charge >= 0.3 is 0 Å². The summed E-state index contributed by atoms with van der Waals surface area (Å²) in [6, 6.07) is 14.5. The maximum absolute atomic E-state index is 5.36. The molecule has 0 aliphatic rings. The van der Waals surface area contributed by atoms with Crippen molar-refractivity contribution in [3.05, 3.63) is 66.7 Å². The Balaban J connectivity index is 0.00000113. The highest BCUT2D eigenvalue weighted by atomic mass is 35.5. The standard InChI is InChI=1S/C19H15N3O.2ClH/c1-23-11-14-6-2-4-13-5-3-7-16(19(13)14)18-8-17-15(10-21-18)9-20-12-22-17;;/h2-10,12H,11H2,1H3;2*1H. The first-order chi connectivity index (χ1) is 11.4. The first-order valence-corrected chi connectivity index (χ1v) is 7.42. The Morgan fingerprint density at radius 2 is 1.72 bits per heavy atom. The zero-order valence-electron chi connectivity index (χ0n) is 13.5. The van der Waals surface area contributed by atoms with Crippen LogP contribution in [-0.2, 0) is 11.3 Å². The van der Waals surface area contributed by atoms with E-state index in [2.05, 4.69) is 51.4 Å². The third-order valence-corrected chi connectivity index (χ3v) is 3.96. The zero-order valence-corrected chi connectivity index (χ0v) is 15.2. The van der Waals surface area contributed by atoms with Crippen LogP contribution in [0.3, 0.4) is 0 Å². The SMILES string of the molecule is COCc1cccc2cccc(-c3cc4ncncc4cn3)c12.Cl.Cl. The molecule has 0 bridgehead atoms. The average Bonchev–Trinajstić information content (AvgIpc) is 2.61. The van der Waals surface area contributed by atoms with Gasteiger partial charge in [-0.2, -0.15) is 0 Å². The van der Waals surface area contributed by atoms with Crippen LogP contribution in [0.2, 0.25) is 0 Å². The molecule has 2 heterocycles. The van der Waals surface area contributed by atoms with E-state index >= 15 is 0 Å². The van der Waals surface area contributed by atoms with Gasteiger partial charge in [-0.1, -0.05) is 36.4 Å². The number of methoxy groups -OCH3 is 1. The largest absolute Gasteiger partial charge is 0.380 e. The molecule has 0 spiro atoms. The summed E-state index contributed by atoms with van der Waals surface area (Å²) in [5.41, 5.74) is 4.05. The number of nitrogens with zero attached hydrogens (tertiary/aromatic N) is 3. The van der Waals surface area contributed by atoms with Gasteiger partial charge in [0.15, 0.2) is 0 Å². The third-order valence-electron chi connectivity index (χ3n) is 3.96. The molecule has 0 fully saturated rings. The second-order valence-corrected chi connectivity index (χ2v) is 5.40. The number of halogens is 2. The van der Waals surface area contributed by atoms with Gasteiger partial charge in [-0.25, -0.2) is 9.97 Å². The van der Waals surface area contributed by atoms with Crippen molar-refractivity contribution in [1.29, 1.82) is 0 Å². The highest BCUT2D eigenvalue weighted by Crippen LogP contribution is 2.31. The highest BCUT2D eigenvalue weighted by molar-refractivity contribution is 5.99. The van der Waals surface area contributed by atoms with Gasteiger partial charge in [-0.15, -0.1) is 24.8 Å². The Hall–Kier alpha value is -2.27. The van der Waals surface area contributed by atoms with Crippen molar-refractivity contribution in [2.75, 3.05) is 7.11 Å². The van der Waals surface area contributed by atoms with Crippen LogP contribution in [0.5, 0.6) is 0 Å². The third kappa shape index (κ3) is 3.56. The van der Waals surface area contributed by atoms with Crippen LogP contribution in [0, 0.1) is 0 Å². The van der Waals surface area contributed by atoms with E-state index in [1.807, 2.05) is 12.3 Å². The highest BCUT2D eigenvalue weighted by Gasteiger charge is 2.10. The van der Waals surface area contributed by atoms with Crippen molar-refractivity contribution >= 4 is 46.5 Å². The van der Waals surface area contributed by atoms with Gasteiger partial charge in [0.05, 0.1) is 17.8 Å². The average molecular weight is 374 g/mol. The Morgan fingerprint density at radius 1 is 0.920 bits per heavy atom. The van der Waals surface area contributed by atoms with E-state index in [0.717, 1.165) is 27.7 Å². The summed E-state index contributed by atoms with van der Waals surface area (Å²) in [4.78, 5) is 13.0. The van der Waals surface area contributed by atoms with Crippen molar-refractivity contribution in [3.8, 4) is 11.3 Å². The number of hydrogen-bond acceptors (Lipinski definition) is 4. The summed E-state index contributed by atoms with van der Waals surface area (Å²) in [6.45, 7) is 0.574. The van der Waals surface area contributed by atoms with E-state index in [4.69, 9.17) is 4.74 Å². The maximum atomic E-state index is 5.36. The van der Waals surface area contributed by atoms with Gasteiger partial charge in [0.25, 0.3) is 0 Å². The van der Waals surface area contributed by atoms with Crippen molar-refractivity contribution in [1.82, 2.24) is 15.0 Å². The lowest BCUT2D eigenvalue weighted by Gasteiger charge is -2.11. The summed E-state index contributed by atoms with van der Waals surface area (Å²) in [5.74, 6) is 0. The lowest BCUT2D eigenvalue weighted by Crippen LogP contribution is -1.93. The minimum atomic E-state index is 0. The molecule has 0 atom stereocenters. The lowest BCUT2D eigenvalue weighted by atomic mass is 9.97. The minimum absolute atomic E-state index is 0. The van der Waals surface area contributed by atoms with Gasteiger partial charge < -0.3 is 4.74 Å². The lowest BCUT2D eigenvalue weighted by molar-refractivity contribution is 0.186. The van der Waals surface area contributed by atoms with Gasteiger partial charge in [0.1, 0.15) is 6.33 Å². The van der Waals surface area contributed by atoms with E-state index in [-0.39, 0.29) is 24.8 Å². The topological polar surface area (TPSA) is 47.9 Å². The minimum Gasteiger partial charge on any atom is -0.380 e. The van der Waals surface area contributed by atoms with Gasteiger partial charge in [0, 0.05) is 30.5 Å². The molecular weight excluding hydrogens is 357 g/mol. The number of aromatic nitrogens is 3. The van der Waals surface area contributed by atoms with Crippen LogP contribution in [0.1, 0.15) is 5.56 Å². The molecule has 6 heteroatoms. The van der Waals surface area contributed by atoms with Gasteiger partial charge in [-0.3, -0.25) is 4.98 Å². The fraction of sp³-hybridized carbons (Fsp3) is 0.105. The summed E-state index contributed by atoms with van der Waals surface area (Å²) in [6.07, 6.45) is 5.16. The van der Waals surface area contributed by atoms with E-state index in [1.54, 1.807) is 19.6 Å². The fourth-order valence-corrected chi connectivity index (χ4v) is 2.93. The fourth-order valence-electron chi connectivity index (χ4n) is 2.93. The zero-order chi connectivity index (χ0) is 15.6. The van der Waals surface area contributed by atoms with Crippen LogP contribution in [0.25, 0.3) is 32.9 Å². The molecule has 0 aliphatic heterocycles. The number of hydrogen-bond donors (Lipinski definition) is 0. The molecule has 0 N–H and O–H groups in total. The Labute approximate surface area is 158 Å². The molecule has 0 radical (unpaired) electrons.